The van der Waals surface area contributed by atoms with Crippen molar-refractivity contribution in [1.29, 1.82) is 0 Å². The summed E-state index contributed by atoms with van der Waals surface area (Å²) in [6.45, 7) is 38.9. The maximum atomic E-state index is 14.4. The van der Waals surface area contributed by atoms with E-state index in [4.69, 9.17) is 9.73 Å². The largest absolute Gasteiger partial charge is 0.381 e. The Bertz CT molecular complexity index is 1690. The summed E-state index contributed by atoms with van der Waals surface area (Å²) >= 11 is 0. The summed E-state index contributed by atoms with van der Waals surface area (Å²) in [6, 6.07) is 6.60. The van der Waals surface area contributed by atoms with Crippen LogP contribution in [0.3, 0.4) is 0 Å². The van der Waals surface area contributed by atoms with Crippen molar-refractivity contribution in [3.63, 3.8) is 0 Å². The highest BCUT2D eigenvalue weighted by Gasteiger charge is 2.53. The average molecular weight is 876 g/mol. The molecule has 3 aliphatic rings. The predicted octanol–water partition coefficient (Wildman–Crippen LogP) is 16.9. The number of allylic oxidation sites excluding steroid dienone is 8. The van der Waals surface area contributed by atoms with Crippen LogP contribution in [0, 0.1) is 23.7 Å². The number of carbonyl (C=O) groups is 1. The standard InChI is InChI=1S/C38H51F2N3O.C7H14O.C7H16.C4H10/c1-10-17-38(18-11-2)32-16-15-30(24-36(32)43(37(38)44)31-22-29(13-4)23-31)25(6)20-34(41-19-12-3)27(8)28(9)42-35(21-26(7)39)33(40)14-5;1-3-6(2)7-4-8-5-7;1-3-5-7-6-4-2;1-4(2)3/h14-16,19-21,24,29,31,42H,5-6,10-13,17-18,22-23H2,1-4,7-9H3;6-7H,3-5H2,1-2H3;3-7H2,1-2H3;4H,1-3H3/b26-21+,28-27+,34-20+,35-33-,41-19?;;;. The van der Waals surface area contributed by atoms with Crippen molar-refractivity contribution in [3.05, 3.63) is 95.0 Å². The van der Waals surface area contributed by atoms with Crippen LogP contribution in [-0.4, -0.2) is 31.4 Å². The fourth-order valence-corrected chi connectivity index (χ4v) is 8.09. The molecule has 1 saturated heterocycles. The molecule has 1 aliphatic carbocycles. The molecule has 1 saturated carbocycles. The maximum Gasteiger partial charge on any atom is 0.237 e. The summed E-state index contributed by atoms with van der Waals surface area (Å²) in [6.07, 6.45) is 21.8. The molecule has 1 N–H and O–H groups in total. The molecule has 356 valence electrons. The molecule has 1 aromatic carbocycles. The van der Waals surface area contributed by atoms with Crippen molar-refractivity contribution < 1.29 is 18.3 Å². The Morgan fingerprint density at radius 3 is 1.94 bits per heavy atom. The van der Waals surface area contributed by atoms with E-state index in [1.807, 2.05) is 26.1 Å². The Balaban J connectivity index is 0.000000858. The monoisotopic (exact) mass is 876 g/mol. The number of anilines is 1. The van der Waals surface area contributed by atoms with Crippen molar-refractivity contribution in [2.75, 3.05) is 18.1 Å². The van der Waals surface area contributed by atoms with E-state index in [0.29, 0.717) is 17.3 Å². The third-order valence-corrected chi connectivity index (χ3v) is 12.4. The van der Waals surface area contributed by atoms with Gasteiger partial charge in [-0.15, -0.1) is 0 Å². The van der Waals surface area contributed by atoms with Crippen LogP contribution in [0.15, 0.2) is 88.9 Å². The van der Waals surface area contributed by atoms with Gasteiger partial charge in [0.15, 0.2) is 0 Å². The molecule has 4 rings (SSSR count). The number of nitrogens with zero attached hydrogens (tertiary/aromatic N) is 2. The van der Waals surface area contributed by atoms with Crippen LogP contribution in [0.4, 0.5) is 14.5 Å². The van der Waals surface area contributed by atoms with E-state index in [1.54, 1.807) is 6.92 Å². The summed E-state index contributed by atoms with van der Waals surface area (Å²) in [5.74, 6) is 2.34. The molecule has 1 atom stereocenters. The van der Waals surface area contributed by atoms with Gasteiger partial charge in [-0.25, -0.2) is 8.78 Å². The zero-order chi connectivity index (χ0) is 47.7. The van der Waals surface area contributed by atoms with E-state index in [-0.39, 0.29) is 17.6 Å². The Morgan fingerprint density at radius 1 is 0.921 bits per heavy atom. The molecule has 5 nitrogen and oxygen atoms in total. The number of fused-ring (bicyclic) bond motifs is 1. The highest BCUT2D eigenvalue weighted by Crippen LogP contribution is 2.52. The Morgan fingerprint density at radius 2 is 1.51 bits per heavy atom. The summed E-state index contributed by atoms with van der Waals surface area (Å²) < 4.78 is 33.2. The summed E-state index contributed by atoms with van der Waals surface area (Å²) in [5, 5.41) is 2.99. The van der Waals surface area contributed by atoms with Crippen LogP contribution in [0.5, 0.6) is 0 Å². The van der Waals surface area contributed by atoms with Gasteiger partial charge in [0, 0.05) is 29.6 Å². The van der Waals surface area contributed by atoms with Crippen molar-refractivity contribution in [3.8, 4) is 0 Å². The fraction of sp³-hybridized carbons (Fsp3) is 0.643. The fourth-order valence-electron chi connectivity index (χ4n) is 8.09. The van der Waals surface area contributed by atoms with Crippen molar-refractivity contribution in [2.24, 2.45) is 28.7 Å². The molecule has 1 aromatic rings. The van der Waals surface area contributed by atoms with Gasteiger partial charge in [0.05, 0.1) is 35.8 Å². The van der Waals surface area contributed by atoms with E-state index >= 15 is 0 Å². The van der Waals surface area contributed by atoms with Crippen molar-refractivity contribution in [1.82, 2.24) is 5.32 Å². The number of unbranched alkanes of at least 4 members (excludes halogenated alkanes) is 4. The summed E-state index contributed by atoms with van der Waals surface area (Å²) in [5.41, 5.74) is 5.41. The second kappa shape index (κ2) is 30.5. The quantitative estimate of drug-likeness (QED) is 0.0760. The molecule has 0 spiro atoms. The average Bonchev–Trinajstić information content (AvgIpc) is 3.43. The number of hydrogen-bond donors (Lipinski definition) is 1. The zero-order valence-corrected chi connectivity index (χ0v) is 42.6. The summed E-state index contributed by atoms with van der Waals surface area (Å²) in [7, 11) is 0. The number of hydrogen-bond acceptors (Lipinski definition) is 4. The lowest BCUT2D eigenvalue weighted by Crippen LogP contribution is -2.50. The first-order valence-electron chi connectivity index (χ1n) is 24.8. The predicted molar refractivity (Wildman–Crippen MR) is 272 cm³/mol. The normalized spacial score (nSPS) is 19.5. The molecule has 2 heterocycles. The van der Waals surface area contributed by atoms with E-state index in [0.717, 1.165) is 122 Å². The first kappa shape index (κ1) is 57.4. The van der Waals surface area contributed by atoms with E-state index in [1.165, 1.54) is 45.4 Å². The molecule has 1 amide bonds. The van der Waals surface area contributed by atoms with E-state index < -0.39 is 17.1 Å². The molecule has 0 aromatic heterocycles. The van der Waals surface area contributed by atoms with Crippen LogP contribution in [0.1, 0.15) is 198 Å². The summed E-state index contributed by atoms with van der Waals surface area (Å²) in [4.78, 5) is 21.1. The molecule has 63 heavy (non-hydrogen) atoms. The highest BCUT2D eigenvalue weighted by atomic mass is 19.1. The van der Waals surface area contributed by atoms with Gasteiger partial charge in [-0.1, -0.05) is 159 Å². The number of rotatable bonds is 21. The minimum Gasteiger partial charge on any atom is -0.381 e. The third kappa shape index (κ3) is 18.1. The minimum absolute atomic E-state index is 0.0122. The molecule has 7 heteroatoms. The number of halogens is 2. The van der Waals surface area contributed by atoms with Gasteiger partial charge in [0.2, 0.25) is 5.91 Å². The van der Waals surface area contributed by atoms with Gasteiger partial charge in [0.1, 0.15) is 5.83 Å². The van der Waals surface area contributed by atoms with Gasteiger partial charge in [-0.2, -0.15) is 0 Å². The topological polar surface area (TPSA) is 53.9 Å². The zero-order valence-electron chi connectivity index (χ0n) is 42.6. The molecular formula is C56H91F2N3O2. The molecule has 0 radical (unpaired) electrons. The van der Waals surface area contributed by atoms with Crippen LogP contribution in [0.25, 0.3) is 5.57 Å². The van der Waals surface area contributed by atoms with Gasteiger partial charge in [-0.05, 0) is 117 Å². The smallest absolute Gasteiger partial charge is 0.237 e. The van der Waals surface area contributed by atoms with Crippen molar-refractivity contribution in [2.45, 2.75) is 198 Å². The van der Waals surface area contributed by atoms with Crippen LogP contribution >= 0.6 is 0 Å². The lowest BCUT2D eigenvalue weighted by molar-refractivity contribution is -0.124. The first-order chi connectivity index (χ1) is 30.0. The van der Waals surface area contributed by atoms with Gasteiger partial charge in [0.25, 0.3) is 0 Å². The second-order valence-corrected chi connectivity index (χ2v) is 18.7. The van der Waals surface area contributed by atoms with Gasteiger partial charge < -0.3 is 15.0 Å². The number of amides is 1. The van der Waals surface area contributed by atoms with Crippen LogP contribution in [0.2, 0.25) is 0 Å². The lowest BCUT2D eigenvalue weighted by atomic mass is 9.73. The third-order valence-electron chi connectivity index (χ3n) is 12.4. The minimum atomic E-state index is -0.655. The van der Waals surface area contributed by atoms with E-state index in [2.05, 4.69) is 111 Å². The highest BCUT2D eigenvalue weighted by molar-refractivity contribution is 6.09. The number of nitrogens with one attached hydrogen (secondary N) is 1. The SMILES string of the molecule is C=C/C(F)=C(\C=C(/C)F)N/C(C)=C(C)/C(=C\C(=C)c1ccc2c(c1)N(C1CC(CC)C1)C(=O)C2(CCC)CCC)N=CCC.CC(C)C.CCC(C)C1COC1.CCCCCCC. The molecule has 2 aliphatic heterocycles. The maximum absolute atomic E-state index is 14.4. The number of aliphatic imine (C=N–C) groups is 1. The van der Waals surface area contributed by atoms with Gasteiger partial charge >= 0.3 is 0 Å². The van der Waals surface area contributed by atoms with Gasteiger partial charge in [-0.3, -0.25) is 9.79 Å². The number of carbonyl (C=O) groups excluding carboxylic acids is 1. The Hall–Kier alpha value is -3.58. The number of ether oxygens (including phenoxy) is 1. The molecule has 0 bridgehead atoms. The number of benzene rings is 1. The van der Waals surface area contributed by atoms with Crippen LogP contribution < -0.4 is 10.2 Å². The molecule has 2 fully saturated rings. The van der Waals surface area contributed by atoms with E-state index in [9.17, 15) is 13.6 Å². The first-order valence-corrected chi connectivity index (χ1v) is 24.8. The Labute approximate surface area is 385 Å². The second-order valence-electron chi connectivity index (χ2n) is 18.7. The molecular weight excluding hydrogens is 785 g/mol. The molecule has 1 unspecified atom stereocenters. The van der Waals surface area contributed by atoms with Crippen molar-refractivity contribution >= 4 is 23.4 Å². The Kier molecular flexibility index (Phi) is 27.8. The lowest BCUT2D eigenvalue weighted by Gasteiger charge is -2.42. The van der Waals surface area contributed by atoms with Crippen LogP contribution in [-0.2, 0) is 14.9 Å².